The molecule has 0 saturated carbocycles. The van der Waals surface area contributed by atoms with Gasteiger partial charge in [0.05, 0.1) is 25.5 Å². The highest BCUT2D eigenvalue weighted by molar-refractivity contribution is 5.55. The molecule has 4 rings (SSSR count). The lowest BCUT2D eigenvalue weighted by atomic mass is 10.2. The lowest BCUT2D eigenvalue weighted by Crippen LogP contribution is -2.36. The lowest BCUT2D eigenvalue weighted by Gasteiger charge is -2.27. The Morgan fingerprint density at radius 3 is 2.76 bits per heavy atom. The van der Waals surface area contributed by atoms with E-state index in [9.17, 15) is 0 Å². The van der Waals surface area contributed by atoms with Crippen LogP contribution in [0.4, 0.5) is 11.8 Å². The predicted octanol–water partition coefficient (Wildman–Crippen LogP) is 1.98. The number of morpholine rings is 1. The van der Waals surface area contributed by atoms with Gasteiger partial charge in [-0.05, 0) is 0 Å². The van der Waals surface area contributed by atoms with Crippen LogP contribution >= 0.6 is 0 Å². The SMILES string of the molecule is c1ccc(-c2noc(NCc3cc(N4CCOCC4)ncn3)n2)cc1. The Hall–Kier alpha value is -3.00. The Bertz CT molecular complexity index is 817. The number of aromatic nitrogens is 4. The molecular weight excluding hydrogens is 320 g/mol. The van der Waals surface area contributed by atoms with E-state index in [1.54, 1.807) is 6.33 Å². The van der Waals surface area contributed by atoms with Crippen LogP contribution in [-0.2, 0) is 11.3 Å². The minimum absolute atomic E-state index is 0.366. The van der Waals surface area contributed by atoms with Gasteiger partial charge in [0.25, 0.3) is 0 Å². The molecule has 1 aromatic carbocycles. The summed E-state index contributed by atoms with van der Waals surface area (Å²) in [7, 11) is 0. The predicted molar refractivity (Wildman–Crippen MR) is 92.1 cm³/mol. The zero-order valence-corrected chi connectivity index (χ0v) is 13.6. The molecule has 1 saturated heterocycles. The van der Waals surface area contributed by atoms with Gasteiger partial charge < -0.3 is 19.5 Å². The highest BCUT2D eigenvalue weighted by Gasteiger charge is 2.13. The van der Waals surface area contributed by atoms with Crippen LogP contribution in [0.15, 0.2) is 47.2 Å². The molecule has 0 amide bonds. The zero-order valence-electron chi connectivity index (χ0n) is 13.6. The summed E-state index contributed by atoms with van der Waals surface area (Å²) >= 11 is 0. The van der Waals surface area contributed by atoms with Crippen molar-refractivity contribution in [3.05, 3.63) is 48.4 Å². The maximum absolute atomic E-state index is 5.37. The lowest BCUT2D eigenvalue weighted by molar-refractivity contribution is 0.122. The summed E-state index contributed by atoms with van der Waals surface area (Å²) in [5.74, 6) is 1.46. The van der Waals surface area contributed by atoms with E-state index >= 15 is 0 Å². The smallest absolute Gasteiger partial charge is 0.322 e. The van der Waals surface area contributed by atoms with E-state index < -0.39 is 0 Å². The van der Waals surface area contributed by atoms with E-state index in [1.807, 2.05) is 36.4 Å². The second-order valence-corrected chi connectivity index (χ2v) is 5.61. The molecule has 0 unspecified atom stereocenters. The topological polar surface area (TPSA) is 89.2 Å². The van der Waals surface area contributed by atoms with E-state index in [4.69, 9.17) is 9.26 Å². The fraction of sp³-hybridized carbons (Fsp3) is 0.294. The van der Waals surface area contributed by atoms with Crippen molar-refractivity contribution in [1.29, 1.82) is 0 Å². The van der Waals surface area contributed by atoms with Crippen molar-refractivity contribution >= 4 is 11.8 Å². The minimum Gasteiger partial charge on any atom is -0.378 e. The van der Waals surface area contributed by atoms with Crippen molar-refractivity contribution in [3.63, 3.8) is 0 Å². The molecule has 3 aromatic rings. The summed E-state index contributed by atoms with van der Waals surface area (Å²) in [4.78, 5) is 15.2. The molecule has 3 heterocycles. The number of nitrogens with zero attached hydrogens (tertiary/aromatic N) is 5. The largest absolute Gasteiger partial charge is 0.378 e. The maximum atomic E-state index is 5.37. The quantitative estimate of drug-likeness (QED) is 0.755. The first kappa shape index (κ1) is 15.5. The molecule has 1 N–H and O–H groups in total. The Labute approximate surface area is 144 Å². The monoisotopic (exact) mass is 338 g/mol. The molecule has 2 aromatic heterocycles. The Kier molecular flexibility index (Phi) is 4.51. The number of benzene rings is 1. The van der Waals surface area contributed by atoms with Gasteiger partial charge in [-0.25, -0.2) is 9.97 Å². The Morgan fingerprint density at radius 2 is 1.92 bits per heavy atom. The molecule has 1 aliphatic heterocycles. The second kappa shape index (κ2) is 7.27. The van der Waals surface area contributed by atoms with Crippen molar-refractivity contribution < 1.29 is 9.26 Å². The first-order valence-electron chi connectivity index (χ1n) is 8.15. The first-order chi connectivity index (χ1) is 12.4. The summed E-state index contributed by atoms with van der Waals surface area (Å²) in [6.07, 6.45) is 1.57. The van der Waals surface area contributed by atoms with Crippen LogP contribution < -0.4 is 10.2 Å². The molecule has 8 nitrogen and oxygen atoms in total. The third-order valence-corrected chi connectivity index (χ3v) is 3.92. The highest BCUT2D eigenvalue weighted by Crippen LogP contribution is 2.18. The molecule has 0 radical (unpaired) electrons. The highest BCUT2D eigenvalue weighted by atomic mass is 16.5. The number of rotatable bonds is 5. The summed E-state index contributed by atoms with van der Waals surface area (Å²) in [6.45, 7) is 3.61. The number of nitrogens with one attached hydrogen (secondary N) is 1. The number of ether oxygens (including phenoxy) is 1. The average molecular weight is 338 g/mol. The van der Waals surface area contributed by atoms with Crippen LogP contribution in [-0.4, -0.2) is 46.4 Å². The van der Waals surface area contributed by atoms with Crippen molar-refractivity contribution in [3.8, 4) is 11.4 Å². The molecule has 128 valence electrons. The van der Waals surface area contributed by atoms with Crippen LogP contribution in [0.2, 0.25) is 0 Å². The maximum Gasteiger partial charge on any atom is 0.322 e. The van der Waals surface area contributed by atoms with Crippen LogP contribution in [0.1, 0.15) is 5.69 Å². The van der Waals surface area contributed by atoms with Gasteiger partial charge in [0.2, 0.25) is 5.82 Å². The summed E-state index contributed by atoms with van der Waals surface area (Å²) in [6, 6.07) is 12.0. The third kappa shape index (κ3) is 3.74. The standard InChI is InChI=1S/C17H18N6O2/c1-2-4-13(5-3-1)16-21-17(25-22-16)18-11-14-10-15(20-12-19-14)23-6-8-24-9-7-23/h1-5,10,12H,6-9,11H2,(H,18,21,22). The molecule has 0 aliphatic carbocycles. The molecule has 8 heteroatoms. The fourth-order valence-electron chi connectivity index (χ4n) is 2.61. The van der Waals surface area contributed by atoms with Crippen molar-refractivity contribution in [2.24, 2.45) is 0 Å². The molecule has 25 heavy (non-hydrogen) atoms. The van der Waals surface area contributed by atoms with Gasteiger partial charge in [-0.3, -0.25) is 0 Å². The second-order valence-electron chi connectivity index (χ2n) is 5.61. The summed E-state index contributed by atoms with van der Waals surface area (Å²) < 4.78 is 10.6. The van der Waals surface area contributed by atoms with Gasteiger partial charge in [0, 0.05) is 24.7 Å². The molecule has 0 bridgehead atoms. The molecule has 0 atom stereocenters. The number of anilines is 2. The van der Waals surface area contributed by atoms with E-state index in [0.29, 0.717) is 18.4 Å². The van der Waals surface area contributed by atoms with Gasteiger partial charge in [0.1, 0.15) is 12.1 Å². The normalized spacial score (nSPS) is 14.5. The summed E-state index contributed by atoms with van der Waals surface area (Å²) in [5, 5.41) is 7.09. The molecular formula is C17H18N6O2. The molecule has 1 aliphatic rings. The van der Waals surface area contributed by atoms with E-state index in [2.05, 4.69) is 30.3 Å². The van der Waals surface area contributed by atoms with Crippen LogP contribution in [0.5, 0.6) is 0 Å². The van der Waals surface area contributed by atoms with Crippen LogP contribution in [0, 0.1) is 0 Å². The number of hydrogen-bond acceptors (Lipinski definition) is 8. The molecule has 1 fully saturated rings. The first-order valence-corrected chi connectivity index (χ1v) is 8.15. The van der Waals surface area contributed by atoms with Gasteiger partial charge in [-0.15, -0.1) is 0 Å². The Balaban J connectivity index is 1.41. The van der Waals surface area contributed by atoms with Crippen molar-refractivity contribution in [1.82, 2.24) is 20.1 Å². The third-order valence-electron chi connectivity index (χ3n) is 3.92. The van der Waals surface area contributed by atoms with Gasteiger partial charge in [-0.1, -0.05) is 35.5 Å². The van der Waals surface area contributed by atoms with Crippen LogP contribution in [0.25, 0.3) is 11.4 Å². The minimum atomic E-state index is 0.366. The van der Waals surface area contributed by atoms with E-state index in [1.165, 1.54) is 0 Å². The van der Waals surface area contributed by atoms with Crippen molar-refractivity contribution in [2.45, 2.75) is 6.54 Å². The van der Waals surface area contributed by atoms with Gasteiger partial charge in [-0.2, -0.15) is 4.98 Å². The number of hydrogen-bond donors (Lipinski definition) is 1. The van der Waals surface area contributed by atoms with Gasteiger partial charge >= 0.3 is 6.01 Å². The van der Waals surface area contributed by atoms with Gasteiger partial charge in [0.15, 0.2) is 0 Å². The van der Waals surface area contributed by atoms with E-state index in [0.717, 1.165) is 43.4 Å². The zero-order chi connectivity index (χ0) is 16.9. The average Bonchev–Trinajstić information content (AvgIpc) is 3.17. The van der Waals surface area contributed by atoms with Crippen LogP contribution in [0.3, 0.4) is 0 Å². The Morgan fingerprint density at radius 1 is 1.08 bits per heavy atom. The molecule has 0 spiro atoms. The van der Waals surface area contributed by atoms with Crippen molar-refractivity contribution in [2.75, 3.05) is 36.5 Å². The van der Waals surface area contributed by atoms with E-state index in [-0.39, 0.29) is 0 Å². The summed E-state index contributed by atoms with van der Waals surface area (Å²) in [5.41, 5.74) is 1.77. The fourth-order valence-corrected chi connectivity index (χ4v) is 2.61.